The van der Waals surface area contributed by atoms with Crippen molar-refractivity contribution in [1.82, 2.24) is 9.88 Å². The van der Waals surface area contributed by atoms with Crippen molar-refractivity contribution in [3.05, 3.63) is 48.2 Å². The second-order valence-electron chi connectivity index (χ2n) is 9.14. The number of carbonyl (C=O) groups is 1. The van der Waals surface area contributed by atoms with Crippen LogP contribution in [-0.4, -0.2) is 46.2 Å². The minimum Gasteiger partial charge on any atom is -0.483 e. The van der Waals surface area contributed by atoms with E-state index in [0.717, 1.165) is 43.4 Å². The number of rotatable bonds is 5. The number of benzene rings is 1. The lowest BCUT2D eigenvalue weighted by Crippen LogP contribution is -2.50. The van der Waals surface area contributed by atoms with Crippen molar-refractivity contribution in [2.45, 2.75) is 69.7 Å². The molecule has 1 amide bonds. The fourth-order valence-corrected chi connectivity index (χ4v) is 5.13. The van der Waals surface area contributed by atoms with Crippen LogP contribution in [0, 0.1) is 0 Å². The third-order valence-electron chi connectivity index (χ3n) is 6.31. The van der Waals surface area contributed by atoms with Gasteiger partial charge in [-0.1, -0.05) is 18.2 Å². The monoisotopic (exact) mass is 408 g/mol. The van der Waals surface area contributed by atoms with Gasteiger partial charge in [0, 0.05) is 49.2 Å². The molecule has 1 aromatic carbocycles. The summed E-state index contributed by atoms with van der Waals surface area (Å²) in [5.74, 6) is 2.15. The summed E-state index contributed by atoms with van der Waals surface area (Å²) in [4.78, 5) is 19.3. The van der Waals surface area contributed by atoms with Crippen LogP contribution in [0.2, 0.25) is 0 Å². The quantitative estimate of drug-likeness (QED) is 0.754. The number of hydrogen-bond donors (Lipinski definition) is 0. The topological polar surface area (TPSA) is 60.9 Å². The Balaban J connectivity index is 1.21. The third kappa shape index (κ3) is 3.71. The summed E-state index contributed by atoms with van der Waals surface area (Å²) in [6.45, 7) is 4.17. The zero-order valence-electron chi connectivity index (χ0n) is 17.5. The number of fused-ring (bicyclic) bond motifs is 3. The maximum Gasteiger partial charge on any atom is 0.261 e. The molecule has 4 heterocycles. The number of aromatic nitrogens is 1. The summed E-state index contributed by atoms with van der Waals surface area (Å²) in [7, 11) is 0. The van der Waals surface area contributed by atoms with Crippen molar-refractivity contribution in [3.63, 3.8) is 0 Å². The van der Waals surface area contributed by atoms with Gasteiger partial charge in [-0.3, -0.25) is 4.79 Å². The van der Waals surface area contributed by atoms with Crippen molar-refractivity contribution >= 4 is 5.91 Å². The Labute approximate surface area is 177 Å². The molecule has 158 valence electrons. The lowest BCUT2D eigenvalue weighted by Gasteiger charge is -2.38. The van der Waals surface area contributed by atoms with Crippen molar-refractivity contribution in [2.75, 3.05) is 6.61 Å². The lowest BCUT2D eigenvalue weighted by molar-refractivity contribution is -0.139. The molecule has 6 nitrogen and oxygen atoms in total. The molecular formula is C24H28N2O4. The van der Waals surface area contributed by atoms with Crippen LogP contribution in [0.5, 0.6) is 17.4 Å². The number of nitrogens with zero attached hydrogens (tertiary/aromatic N) is 2. The lowest BCUT2D eigenvalue weighted by atomic mass is 9.99. The summed E-state index contributed by atoms with van der Waals surface area (Å²) in [5.41, 5.74) is 0.901. The molecule has 3 aliphatic rings. The van der Waals surface area contributed by atoms with Gasteiger partial charge in [-0.25, -0.2) is 4.98 Å². The van der Waals surface area contributed by atoms with Crippen molar-refractivity contribution < 1.29 is 19.0 Å². The molecule has 2 bridgehead atoms. The van der Waals surface area contributed by atoms with Gasteiger partial charge in [0.05, 0.1) is 0 Å². The first kappa shape index (κ1) is 19.2. The minimum absolute atomic E-state index is 0.0407. The molecule has 2 fully saturated rings. The van der Waals surface area contributed by atoms with E-state index >= 15 is 0 Å². The van der Waals surface area contributed by atoms with E-state index in [2.05, 4.69) is 24.9 Å². The average molecular weight is 408 g/mol. The van der Waals surface area contributed by atoms with E-state index in [1.54, 1.807) is 6.20 Å². The van der Waals surface area contributed by atoms with Gasteiger partial charge in [0.2, 0.25) is 5.88 Å². The molecule has 2 aromatic rings. The Morgan fingerprint density at radius 3 is 2.70 bits per heavy atom. The van der Waals surface area contributed by atoms with Gasteiger partial charge in [0.25, 0.3) is 5.91 Å². The highest BCUT2D eigenvalue weighted by Crippen LogP contribution is 2.42. The number of carbonyl (C=O) groups excluding carboxylic acids is 1. The summed E-state index contributed by atoms with van der Waals surface area (Å²) in [5, 5.41) is 0. The average Bonchev–Trinajstić information content (AvgIpc) is 3.19. The fraction of sp³-hybridized carbons (Fsp3) is 0.500. The Morgan fingerprint density at radius 1 is 1.17 bits per heavy atom. The summed E-state index contributed by atoms with van der Waals surface area (Å²) in [6.07, 6.45) is 6.43. The Kier molecular flexibility index (Phi) is 4.80. The molecule has 0 spiro atoms. The number of amides is 1. The molecule has 0 N–H and O–H groups in total. The Morgan fingerprint density at radius 2 is 1.97 bits per heavy atom. The standard InChI is InChI=1S/C24H28N2O4/c1-24(2)14-16-6-5-7-20(23(16)30-24)28-15-22(27)26-17-9-10-18(26)13-19(12-17)29-21-8-3-4-11-25-21/h3-8,11,17-19H,9-10,12-15H2,1-2H3. The van der Waals surface area contributed by atoms with E-state index in [-0.39, 0.29) is 36.3 Å². The van der Waals surface area contributed by atoms with E-state index < -0.39 is 0 Å². The molecule has 3 aliphatic heterocycles. The number of para-hydroxylation sites is 1. The minimum atomic E-state index is -0.236. The molecule has 2 atom stereocenters. The Bertz CT molecular complexity index is 916. The first-order chi connectivity index (χ1) is 14.5. The molecule has 1 aromatic heterocycles. The van der Waals surface area contributed by atoms with E-state index in [1.165, 1.54) is 0 Å². The van der Waals surface area contributed by atoms with Crippen LogP contribution in [-0.2, 0) is 11.2 Å². The van der Waals surface area contributed by atoms with E-state index in [9.17, 15) is 4.79 Å². The molecule has 2 unspecified atom stereocenters. The number of ether oxygens (including phenoxy) is 3. The molecule has 30 heavy (non-hydrogen) atoms. The van der Waals surface area contributed by atoms with Gasteiger partial charge in [0.1, 0.15) is 11.7 Å². The summed E-state index contributed by atoms with van der Waals surface area (Å²) in [6, 6.07) is 12.0. The van der Waals surface area contributed by atoms with Crippen LogP contribution in [0.1, 0.15) is 45.1 Å². The predicted molar refractivity (Wildman–Crippen MR) is 112 cm³/mol. The smallest absolute Gasteiger partial charge is 0.261 e. The van der Waals surface area contributed by atoms with E-state index in [4.69, 9.17) is 14.2 Å². The fourth-order valence-electron chi connectivity index (χ4n) is 5.13. The van der Waals surface area contributed by atoms with Gasteiger partial charge < -0.3 is 19.1 Å². The van der Waals surface area contributed by atoms with Crippen LogP contribution < -0.4 is 14.2 Å². The van der Waals surface area contributed by atoms with Crippen LogP contribution in [0.4, 0.5) is 0 Å². The highest BCUT2D eigenvalue weighted by molar-refractivity contribution is 5.79. The van der Waals surface area contributed by atoms with Crippen LogP contribution in [0.15, 0.2) is 42.6 Å². The predicted octanol–water partition coefficient (Wildman–Crippen LogP) is 3.77. The van der Waals surface area contributed by atoms with Crippen LogP contribution >= 0.6 is 0 Å². The number of hydrogen-bond acceptors (Lipinski definition) is 5. The molecule has 0 radical (unpaired) electrons. The SMILES string of the molecule is CC1(C)Cc2cccc(OCC(=O)N3C4CCC3CC(Oc3ccccn3)C4)c2O1. The van der Waals surface area contributed by atoms with Crippen molar-refractivity contribution in [2.24, 2.45) is 0 Å². The molecule has 2 saturated heterocycles. The molecule has 0 aliphatic carbocycles. The van der Waals surface area contributed by atoms with E-state index in [0.29, 0.717) is 11.6 Å². The second kappa shape index (κ2) is 7.49. The van der Waals surface area contributed by atoms with Gasteiger partial charge in [-0.05, 0) is 38.8 Å². The van der Waals surface area contributed by atoms with Crippen molar-refractivity contribution in [3.8, 4) is 17.4 Å². The molecule has 6 heteroatoms. The first-order valence-corrected chi connectivity index (χ1v) is 10.8. The maximum absolute atomic E-state index is 13.0. The maximum atomic E-state index is 13.0. The van der Waals surface area contributed by atoms with Gasteiger partial charge >= 0.3 is 0 Å². The molecule has 5 rings (SSSR count). The number of pyridine rings is 1. The second-order valence-corrected chi connectivity index (χ2v) is 9.14. The molecular weight excluding hydrogens is 380 g/mol. The summed E-state index contributed by atoms with van der Waals surface area (Å²) < 4.78 is 18.1. The first-order valence-electron chi connectivity index (χ1n) is 10.8. The van der Waals surface area contributed by atoms with Gasteiger partial charge in [0.15, 0.2) is 18.1 Å². The van der Waals surface area contributed by atoms with Crippen molar-refractivity contribution in [1.29, 1.82) is 0 Å². The highest BCUT2D eigenvalue weighted by atomic mass is 16.5. The van der Waals surface area contributed by atoms with Crippen LogP contribution in [0.3, 0.4) is 0 Å². The summed E-state index contributed by atoms with van der Waals surface area (Å²) >= 11 is 0. The van der Waals surface area contributed by atoms with Crippen LogP contribution in [0.25, 0.3) is 0 Å². The largest absolute Gasteiger partial charge is 0.483 e. The third-order valence-corrected chi connectivity index (χ3v) is 6.31. The zero-order valence-corrected chi connectivity index (χ0v) is 17.5. The Hall–Kier alpha value is -2.76. The highest BCUT2D eigenvalue weighted by Gasteiger charge is 2.44. The normalized spacial score (nSPS) is 26.1. The zero-order chi connectivity index (χ0) is 20.7. The number of piperidine rings is 1. The van der Waals surface area contributed by atoms with Gasteiger partial charge in [-0.15, -0.1) is 0 Å². The van der Waals surface area contributed by atoms with E-state index in [1.807, 2.05) is 35.2 Å². The molecule has 0 saturated carbocycles. The van der Waals surface area contributed by atoms with Gasteiger partial charge in [-0.2, -0.15) is 0 Å².